The van der Waals surface area contributed by atoms with Crippen molar-refractivity contribution in [2.45, 2.75) is 12.5 Å². The molecule has 2 atom stereocenters. The summed E-state index contributed by atoms with van der Waals surface area (Å²) in [5.41, 5.74) is 0.939. The van der Waals surface area contributed by atoms with E-state index in [0.29, 0.717) is 0 Å². The lowest BCUT2D eigenvalue weighted by Gasteiger charge is -2.25. The van der Waals surface area contributed by atoms with Crippen molar-refractivity contribution >= 4 is 17.5 Å². The molecular formula is C21H23F2N3O2. The van der Waals surface area contributed by atoms with Crippen LogP contribution in [0.3, 0.4) is 0 Å². The van der Waals surface area contributed by atoms with Crippen LogP contribution >= 0.6 is 0 Å². The summed E-state index contributed by atoms with van der Waals surface area (Å²) in [5, 5.41) is 2.86. The van der Waals surface area contributed by atoms with Crippen LogP contribution < -0.4 is 10.2 Å². The summed E-state index contributed by atoms with van der Waals surface area (Å²) >= 11 is 0. The first-order chi connectivity index (χ1) is 13.4. The molecular weight excluding hydrogens is 364 g/mol. The van der Waals surface area contributed by atoms with Crippen molar-refractivity contribution in [1.82, 2.24) is 10.2 Å². The number of anilines is 1. The van der Waals surface area contributed by atoms with Crippen molar-refractivity contribution in [3.63, 3.8) is 0 Å². The number of nitrogens with one attached hydrogen (secondary N) is 1. The molecule has 1 aliphatic rings. The van der Waals surface area contributed by atoms with Gasteiger partial charge in [0.1, 0.15) is 11.6 Å². The number of carbonyl (C=O) groups excluding carboxylic acids is 2. The molecule has 7 heteroatoms. The van der Waals surface area contributed by atoms with Crippen LogP contribution in [0, 0.1) is 17.6 Å². The second-order valence-corrected chi connectivity index (χ2v) is 7.14. The highest BCUT2D eigenvalue weighted by molar-refractivity contribution is 6.00. The van der Waals surface area contributed by atoms with Crippen LogP contribution in [0.1, 0.15) is 18.0 Å². The van der Waals surface area contributed by atoms with E-state index < -0.39 is 11.7 Å². The summed E-state index contributed by atoms with van der Waals surface area (Å²) in [7, 11) is 3.70. The van der Waals surface area contributed by atoms with Gasteiger partial charge in [-0.05, 0) is 43.9 Å². The molecule has 28 heavy (non-hydrogen) atoms. The molecule has 0 saturated carbocycles. The molecule has 0 radical (unpaired) electrons. The van der Waals surface area contributed by atoms with Crippen molar-refractivity contribution in [1.29, 1.82) is 0 Å². The minimum Gasteiger partial charge on any atom is -0.354 e. The highest BCUT2D eigenvalue weighted by atomic mass is 19.1. The maximum absolute atomic E-state index is 14.0. The average molecular weight is 387 g/mol. The molecule has 1 saturated heterocycles. The van der Waals surface area contributed by atoms with Crippen LogP contribution in [0.25, 0.3) is 0 Å². The van der Waals surface area contributed by atoms with Crippen molar-refractivity contribution < 1.29 is 18.4 Å². The third kappa shape index (κ3) is 4.36. The number of hydrogen-bond donors (Lipinski definition) is 1. The van der Waals surface area contributed by atoms with Gasteiger partial charge in [0.2, 0.25) is 11.8 Å². The van der Waals surface area contributed by atoms with Gasteiger partial charge in [-0.1, -0.05) is 24.3 Å². The summed E-state index contributed by atoms with van der Waals surface area (Å²) in [6.07, 6.45) is 0.0345. The minimum absolute atomic E-state index is 0.0345. The summed E-state index contributed by atoms with van der Waals surface area (Å²) in [6, 6.07) is 12.1. The number of amides is 2. The SMILES string of the molecule is CN(C)[C@@H](CNC(=O)[C@@H]1CC(=O)N(c2ccccc2F)C1)c1cccc(F)c1. The number of halogens is 2. The van der Waals surface area contributed by atoms with Gasteiger partial charge in [-0.15, -0.1) is 0 Å². The van der Waals surface area contributed by atoms with Gasteiger partial charge in [0.05, 0.1) is 17.6 Å². The standard InChI is InChI=1S/C21H23F2N3O2/c1-25(2)19(14-6-5-7-16(22)10-14)12-24-21(28)15-11-20(27)26(13-15)18-9-4-3-8-17(18)23/h3-10,15,19H,11-13H2,1-2H3,(H,24,28)/t15-,19+/m1/s1. The Kier molecular flexibility index (Phi) is 6.04. The van der Waals surface area contributed by atoms with Gasteiger partial charge in [0, 0.05) is 19.5 Å². The summed E-state index contributed by atoms with van der Waals surface area (Å²) in [4.78, 5) is 28.1. The van der Waals surface area contributed by atoms with E-state index in [1.807, 2.05) is 19.0 Å². The van der Waals surface area contributed by atoms with Crippen molar-refractivity contribution in [2.75, 3.05) is 32.1 Å². The largest absolute Gasteiger partial charge is 0.354 e. The molecule has 0 spiro atoms. The fourth-order valence-corrected chi connectivity index (χ4v) is 3.44. The fraction of sp³-hybridized carbons (Fsp3) is 0.333. The number of para-hydroxylation sites is 1. The average Bonchev–Trinajstić information content (AvgIpc) is 3.03. The third-order valence-electron chi connectivity index (χ3n) is 4.97. The Morgan fingerprint density at radius 3 is 2.64 bits per heavy atom. The summed E-state index contributed by atoms with van der Waals surface area (Å²) < 4.78 is 27.5. The van der Waals surface area contributed by atoms with Crippen LogP contribution in [0.5, 0.6) is 0 Å². The molecule has 1 heterocycles. The monoisotopic (exact) mass is 387 g/mol. The Hall–Kier alpha value is -2.80. The highest BCUT2D eigenvalue weighted by Gasteiger charge is 2.36. The Morgan fingerprint density at radius 2 is 1.96 bits per heavy atom. The van der Waals surface area contributed by atoms with Crippen LogP contribution in [-0.2, 0) is 9.59 Å². The number of hydrogen-bond acceptors (Lipinski definition) is 3. The molecule has 1 N–H and O–H groups in total. The van der Waals surface area contributed by atoms with Crippen LogP contribution in [0.2, 0.25) is 0 Å². The summed E-state index contributed by atoms with van der Waals surface area (Å²) in [6.45, 7) is 0.415. The number of likely N-dealkylation sites (N-methyl/N-ethyl adjacent to an activating group) is 1. The predicted octanol–water partition coefficient (Wildman–Crippen LogP) is 2.74. The van der Waals surface area contributed by atoms with E-state index in [2.05, 4.69) is 5.32 Å². The first-order valence-electron chi connectivity index (χ1n) is 9.11. The Balaban J connectivity index is 1.65. The maximum Gasteiger partial charge on any atom is 0.227 e. The second kappa shape index (κ2) is 8.48. The predicted molar refractivity (Wildman–Crippen MR) is 103 cm³/mol. The molecule has 1 fully saturated rings. The normalized spacial score (nSPS) is 17.8. The zero-order chi connectivity index (χ0) is 20.3. The number of nitrogens with zero attached hydrogens (tertiary/aromatic N) is 2. The Labute approximate surface area is 162 Å². The zero-order valence-corrected chi connectivity index (χ0v) is 15.9. The van der Waals surface area contributed by atoms with Crippen molar-refractivity contribution in [3.05, 3.63) is 65.7 Å². The molecule has 5 nitrogen and oxygen atoms in total. The lowest BCUT2D eigenvalue weighted by Crippen LogP contribution is -2.38. The fourth-order valence-electron chi connectivity index (χ4n) is 3.44. The van der Waals surface area contributed by atoms with E-state index in [-0.39, 0.29) is 48.9 Å². The topological polar surface area (TPSA) is 52.7 Å². The van der Waals surface area contributed by atoms with E-state index in [0.717, 1.165) is 5.56 Å². The van der Waals surface area contributed by atoms with E-state index in [9.17, 15) is 18.4 Å². The molecule has 0 aromatic heterocycles. The lowest BCUT2D eigenvalue weighted by molar-refractivity contribution is -0.126. The second-order valence-electron chi connectivity index (χ2n) is 7.14. The highest BCUT2D eigenvalue weighted by Crippen LogP contribution is 2.27. The molecule has 2 amide bonds. The Bertz CT molecular complexity index is 872. The maximum atomic E-state index is 14.0. The van der Waals surface area contributed by atoms with E-state index in [4.69, 9.17) is 0 Å². The number of carbonyl (C=O) groups is 2. The quantitative estimate of drug-likeness (QED) is 0.829. The van der Waals surface area contributed by atoms with Gasteiger partial charge in [0.15, 0.2) is 0 Å². The molecule has 0 bridgehead atoms. The summed E-state index contributed by atoms with van der Waals surface area (Å²) in [5.74, 6) is -1.93. The van der Waals surface area contributed by atoms with E-state index >= 15 is 0 Å². The van der Waals surface area contributed by atoms with Crippen LogP contribution in [-0.4, -0.2) is 43.9 Å². The molecule has 148 valence electrons. The first kappa shape index (κ1) is 19.9. The van der Waals surface area contributed by atoms with Gasteiger partial charge in [0.25, 0.3) is 0 Å². The third-order valence-corrected chi connectivity index (χ3v) is 4.97. The molecule has 0 aliphatic carbocycles. The van der Waals surface area contributed by atoms with Gasteiger partial charge in [-0.2, -0.15) is 0 Å². The lowest BCUT2D eigenvalue weighted by atomic mass is 10.0. The van der Waals surface area contributed by atoms with Gasteiger partial charge in [-0.3, -0.25) is 9.59 Å². The van der Waals surface area contributed by atoms with Crippen molar-refractivity contribution in [2.24, 2.45) is 5.92 Å². The van der Waals surface area contributed by atoms with E-state index in [1.165, 1.54) is 29.2 Å². The number of rotatable bonds is 6. The van der Waals surface area contributed by atoms with Gasteiger partial charge >= 0.3 is 0 Å². The Morgan fingerprint density at radius 1 is 1.21 bits per heavy atom. The molecule has 3 rings (SSSR count). The van der Waals surface area contributed by atoms with Crippen LogP contribution in [0.4, 0.5) is 14.5 Å². The molecule has 2 aromatic rings. The molecule has 0 unspecified atom stereocenters. The first-order valence-corrected chi connectivity index (χ1v) is 9.11. The van der Waals surface area contributed by atoms with Gasteiger partial charge in [-0.25, -0.2) is 8.78 Å². The smallest absolute Gasteiger partial charge is 0.227 e. The zero-order valence-electron chi connectivity index (χ0n) is 15.9. The van der Waals surface area contributed by atoms with Gasteiger partial charge < -0.3 is 15.1 Å². The van der Waals surface area contributed by atoms with Crippen molar-refractivity contribution in [3.8, 4) is 0 Å². The minimum atomic E-state index is -0.553. The number of benzene rings is 2. The molecule has 2 aromatic carbocycles. The molecule has 1 aliphatic heterocycles. The van der Waals surface area contributed by atoms with Crippen LogP contribution in [0.15, 0.2) is 48.5 Å². The van der Waals surface area contributed by atoms with E-state index in [1.54, 1.807) is 24.3 Å².